The van der Waals surface area contributed by atoms with Crippen molar-refractivity contribution in [1.82, 2.24) is 29.9 Å². The Balaban J connectivity index is 0.681. The standard InChI is InChI=1S/C88H52N6/c1-3-21-51(22-4-1)81-89-83(93-85(91-81)55-41-45-77-67(47-55)61-29-13-19-37-75(61)87(77)71-33-15-9-25-57(71)58-26-10-16-34-72(58)87)53-39-43-65-69(49-53)79-63-31-7-8-32-64(63)80(65)70-50-54(40-44-66(70)79)84-90-82(52-23-5-2-6-24-52)92-86(94-84)56-42-46-78-68(48-56)62-30-14-20-38-76(62)88(78)73-35-17-11-27-59(73)60-28-12-18-36-74(60)88/h1-50,79-80H. The van der Waals surface area contributed by atoms with E-state index in [1.54, 1.807) is 0 Å². The van der Waals surface area contributed by atoms with Gasteiger partial charge >= 0.3 is 0 Å². The summed E-state index contributed by atoms with van der Waals surface area (Å²) in [5.74, 6) is 3.73. The summed E-state index contributed by atoms with van der Waals surface area (Å²) in [6, 6.07) is 111. The summed E-state index contributed by atoms with van der Waals surface area (Å²) in [6.45, 7) is 0. The van der Waals surface area contributed by atoms with Crippen molar-refractivity contribution in [3.05, 3.63) is 381 Å². The van der Waals surface area contributed by atoms with Gasteiger partial charge in [0.25, 0.3) is 0 Å². The first-order valence-electron chi connectivity index (χ1n) is 32.5. The van der Waals surface area contributed by atoms with Gasteiger partial charge in [-0.2, -0.15) is 0 Å². The van der Waals surface area contributed by atoms with Crippen LogP contribution in [0.2, 0.25) is 0 Å². The number of hydrogen-bond donors (Lipinski definition) is 0. The van der Waals surface area contributed by atoms with Crippen LogP contribution in [0.15, 0.2) is 303 Å². The third-order valence-electron chi connectivity index (χ3n) is 21.4. The van der Waals surface area contributed by atoms with E-state index in [0.717, 1.165) is 33.4 Å². The van der Waals surface area contributed by atoms with Crippen LogP contribution in [0.1, 0.15) is 89.7 Å². The maximum atomic E-state index is 5.46. The topological polar surface area (TPSA) is 77.3 Å². The minimum atomic E-state index is -0.443. The molecule has 0 saturated heterocycles. The highest BCUT2D eigenvalue weighted by atomic mass is 15.0. The molecule has 0 radical (unpaired) electrons. The Morgan fingerprint density at radius 1 is 0.170 bits per heavy atom. The molecule has 2 atom stereocenters. The normalized spacial score (nSPS) is 15.6. The van der Waals surface area contributed by atoms with Gasteiger partial charge in [0.1, 0.15) is 0 Å². The molecule has 0 amide bonds. The van der Waals surface area contributed by atoms with Crippen LogP contribution in [0.25, 0.3) is 113 Å². The van der Waals surface area contributed by atoms with E-state index in [-0.39, 0.29) is 11.8 Å². The molecule has 434 valence electrons. The summed E-state index contributed by atoms with van der Waals surface area (Å²) in [6.07, 6.45) is 0. The summed E-state index contributed by atoms with van der Waals surface area (Å²) in [5, 5.41) is 0. The minimum absolute atomic E-state index is 0.0322. The molecule has 6 heteroatoms. The predicted molar refractivity (Wildman–Crippen MR) is 373 cm³/mol. The summed E-state index contributed by atoms with van der Waals surface area (Å²) in [5.41, 5.74) is 32.9. The van der Waals surface area contributed by atoms with Crippen molar-refractivity contribution in [2.75, 3.05) is 0 Å². The van der Waals surface area contributed by atoms with E-state index in [1.165, 1.54) is 122 Å². The van der Waals surface area contributed by atoms with Gasteiger partial charge in [-0.05, 0) is 147 Å². The van der Waals surface area contributed by atoms with E-state index in [2.05, 4.69) is 291 Å². The molecule has 0 saturated carbocycles. The third kappa shape index (κ3) is 6.87. The Bertz CT molecular complexity index is 5340. The number of benzene rings is 13. The van der Waals surface area contributed by atoms with Gasteiger partial charge in [0, 0.05) is 45.2 Å². The van der Waals surface area contributed by atoms with Gasteiger partial charge in [0.2, 0.25) is 0 Å². The zero-order chi connectivity index (χ0) is 61.4. The quantitative estimate of drug-likeness (QED) is 0.165. The van der Waals surface area contributed by atoms with E-state index < -0.39 is 10.8 Å². The fourth-order valence-electron chi connectivity index (χ4n) is 17.7. The summed E-state index contributed by atoms with van der Waals surface area (Å²) >= 11 is 0. The molecule has 2 spiro atoms. The second kappa shape index (κ2) is 19.2. The molecular formula is C88H52N6. The van der Waals surface area contributed by atoms with E-state index >= 15 is 0 Å². The summed E-state index contributed by atoms with van der Waals surface area (Å²) in [7, 11) is 0. The van der Waals surface area contributed by atoms with Crippen LogP contribution >= 0.6 is 0 Å². The average Bonchev–Trinajstić information content (AvgIpc) is 1.42. The van der Waals surface area contributed by atoms with Crippen LogP contribution in [0, 0.1) is 0 Å². The monoisotopic (exact) mass is 1190 g/mol. The predicted octanol–water partition coefficient (Wildman–Crippen LogP) is 19.7. The van der Waals surface area contributed by atoms with E-state index in [9.17, 15) is 0 Å². The van der Waals surface area contributed by atoms with Gasteiger partial charge < -0.3 is 0 Å². The maximum absolute atomic E-state index is 5.46. The molecule has 6 nitrogen and oxygen atoms in total. The first-order valence-corrected chi connectivity index (χ1v) is 32.5. The Morgan fingerprint density at radius 3 is 0.734 bits per heavy atom. The molecule has 2 heterocycles. The number of rotatable bonds is 6. The lowest BCUT2D eigenvalue weighted by molar-refractivity contribution is 0.754. The Labute approximate surface area is 543 Å². The lowest BCUT2D eigenvalue weighted by atomic mass is 9.61. The average molecular weight is 1190 g/mol. The van der Waals surface area contributed by atoms with Crippen LogP contribution in [0.3, 0.4) is 0 Å². The zero-order valence-electron chi connectivity index (χ0n) is 50.7. The van der Waals surface area contributed by atoms with Crippen molar-refractivity contribution in [3.63, 3.8) is 0 Å². The molecule has 2 bridgehead atoms. The molecule has 22 rings (SSSR count). The fourth-order valence-corrected chi connectivity index (χ4v) is 17.7. The molecule has 7 aliphatic carbocycles. The Morgan fingerprint density at radius 2 is 0.404 bits per heavy atom. The van der Waals surface area contributed by atoms with Crippen molar-refractivity contribution < 1.29 is 0 Å². The molecule has 7 aliphatic rings. The first-order chi connectivity index (χ1) is 46.6. The fraction of sp³-hybridized carbons (Fsp3) is 0.0455. The molecular weight excluding hydrogens is 1140 g/mol. The molecule has 13 aromatic carbocycles. The number of fused-ring (bicyclic) bond motifs is 20. The molecule has 0 aliphatic heterocycles. The Kier molecular flexibility index (Phi) is 10.5. The molecule has 2 unspecified atom stereocenters. The van der Waals surface area contributed by atoms with Crippen molar-refractivity contribution in [3.8, 4) is 113 Å². The molecule has 94 heavy (non-hydrogen) atoms. The van der Waals surface area contributed by atoms with Crippen molar-refractivity contribution in [2.24, 2.45) is 0 Å². The SMILES string of the molecule is c1ccc(-c2nc(-c3ccc4c(c3)-c3ccccc3C43c4ccccc4-c4ccccc43)nc(-c3ccc4c(c3)C3c5ccccc5C4c4cc(-c5nc(-c6ccccc6)nc(-c6ccc7c(c6)-c6ccccc6C76c7ccccc7-c7ccccc76)n5)ccc43)n2)cc1. The lowest BCUT2D eigenvalue weighted by Gasteiger charge is -2.42. The smallest absolute Gasteiger partial charge is 0.164 e. The minimum Gasteiger partial charge on any atom is -0.208 e. The number of nitrogens with zero attached hydrogens (tertiary/aromatic N) is 6. The highest BCUT2D eigenvalue weighted by molar-refractivity contribution is 5.98. The number of aromatic nitrogens is 6. The van der Waals surface area contributed by atoms with Crippen molar-refractivity contribution in [1.29, 1.82) is 0 Å². The highest BCUT2D eigenvalue weighted by Crippen LogP contribution is 2.65. The largest absolute Gasteiger partial charge is 0.208 e. The van der Waals surface area contributed by atoms with Gasteiger partial charge in [-0.3, -0.25) is 0 Å². The van der Waals surface area contributed by atoms with Gasteiger partial charge in [-0.25, -0.2) is 29.9 Å². The molecule has 0 N–H and O–H groups in total. The first kappa shape index (κ1) is 51.6. The van der Waals surface area contributed by atoms with E-state index in [1.807, 2.05) is 12.1 Å². The van der Waals surface area contributed by atoms with Crippen LogP contribution in [-0.4, -0.2) is 29.9 Å². The van der Waals surface area contributed by atoms with Crippen molar-refractivity contribution in [2.45, 2.75) is 22.7 Å². The van der Waals surface area contributed by atoms with Crippen LogP contribution in [-0.2, 0) is 10.8 Å². The molecule has 15 aromatic rings. The Hall–Kier alpha value is -12.1. The van der Waals surface area contributed by atoms with Crippen molar-refractivity contribution >= 4 is 0 Å². The summed E-state index contributed by atoms with van der Waals surface area (Å²) in [4.78, 5) is 32.2. The van der Waals surface area contributed by atoms with Crippen LogP contribution in [0.4, 0.5) is 0 Å². The molecule has 0 fully saturated rings. The van der Waals surface area contributed by atoms with E-state index in [4.69, 9.17) is 29.9 Å². The van der Waals surface area contributed by atoms with Gasteiger partial charge in [-0.15, -0.1) is 0 Å². The van der Waals surface area contributed by atoms with E-state index in [0.29, 0.717) is 34.9 Å². The maximum Gasteiger partial charge on any atom is 0.164 e. The third-order valence-corrected chi connectivity index (χ3v) is 21.4. The molecule has 2 aromatic heterocycles. The van der Waals surface area contributed by atoms with Gasteiger partial charge in [0.15, 0.2) is 34.9 Å². The second-order valence-corrected chi connectivity index (χ2v) is 25.8. The van der Waals surface area contributed by atoms with Gasteiger partial charge in [-0.1, -0.05) is 279 Å². The second-order valence-electron chi connectivity index (χ2n) is 25.8. The van der Waals surface area contributed by atoms with Crippen LogP contribution < -0.4 is 0 Å². The zero-order valence-corrected chi connectivity index (χ0v) is 50.7. The van der Waals surface area contributed by atoms with Crippen LogP contribution in [0.5, 0.6) is 0 Å². The number of hydrogen-bond acceptors (Lipinski definition) is 6. The highest BCUT2D eigenvalue weighted by Gasteiger charge is 2.53. The summed E-state index contributed by atoms with van der Waals surface area (Å²) < 4.78 is 0. The lowest BCUT2D eigenvalue weighted by Crippen LogP contribution is -2.27. The van der Waals surface area contributed by atoms with Gasteiger partial charge in [0.05, 0.1) is 10.8 Å².